The van der Waals surface area contributed by atoms with Crippen molar-refractivity contribution in [2.45, 2.75) is 116 Å². The van der Waals surface area contributed by atoms with Gasteiger partial charge in [-0.15, -0.1) is 0 Å². The first-order valence-electron chi connectivity index (χ1n) is 21.9. The Balaban J connectivity index is 1.08. The summed E-state index contributed by atoms with van der Waals surface area (Å²) in [5.41, 5.74) is 5.24. The lowest BCUT2D eigenvalue weighted by Crippen LogP contribution is -2.58. The van der Waals surface area contributed by atoms with Crippen molar-refractivity contribution >= 4 is 45.9 Å². The number of hydrogen-bond donors (Lipinski definition) is 3. The molecule has 3 amide bonds. The van der Waals surface area contributed by atoms with Crippen LogP contribution in [0, 0.1) is 18.7 Å². The van der Waals surface area contributed by atoms with Gasteiger partial charge in [0.15, 0.2) is 5.82 Å². The number of nitrogens with zero attached hydrogens (tertiary/aromatic N) is 6. The molecule has 13 heteroatoms. The number of imidazole rings is 1. The summed E-state index contributed by atoms with van der Waals surface area (Å²) in [6.45, 7) is 14.6. The van der Waals surface area contributed by atoms with Crippen LogP contribution in [0.4, 0.5) is 21.6 Å². The van der Waals surface area contributed by atoms with E-state index in [0.717, 1.165) is 67.8 Å². The zero-order valence-electron chi connectivity index (χ0n) is 35.1. The van der Waals surface area contributed by atoms with E-state index in [4.69, 9.17) is 9.97 Å². The molecule has 0 bridgehead atoms. The van der Waals surface area contributed by atoms with Gasteiger partial charge in [-0.1, -0.05) is 18.6 Å². The molecule has 312 valence electrons. The number of hydrogen-bond acceptors (Lipinski definition) is 8. The fraction of sp³-hybridized carbons (Fsp3) is 0.543. The summed E-state index contributed by atoms with van der Waals surface area (Å²) in [4.78, 5) is 58.3. The second-order valence-corrected chi connectivity index (χ2v) is 18.2. The number of rotatable bonds is 9. The van der Waals surface area contributed by atoms with E-state index in [1.165, 1.54) is 25.3 Å². The minimum atomic E-state index is -0.683. The highest BCUT2D eigenvalue weighted by atomic mass is 19.1. The van der Waals surface area contributed by atoms with Crippen LogP contribution < -0.4 is 20.9 Å². The zero-order chi connectivity index (χ0) is 41.2. The third kappa shape index (κ3) is 7.07. The minimum Gasteiger partial charge on any atom is -0.350 e. The van der Waals surface area contributed by atoms with Crippen LogP contribution in [0.1, 0.15) is 107 Å². The molecule has 1 spiro atoms. The number of amides is 3. The second kappa shape index (κ2) is 15.6. The molecule has 59 heavy (non-hydrogen) atoms. The number of pyridine rings is 1. The molecule has 6 heterocycles. The molecule has 3 N–H and O–H groups in total. The molecule has 4 fully saturated rings. The van der Waals surface area contributed by atoms with E-state index < -0.39 is 11.2 Å². The van der Waals surface area contributed by atoms with Crippen LogP contribution in [0.15, 0.2) is 42.7 Å². The van der Waals surface area contributed by atoms with E-state index in [1.807, 2.05) is 29.4 Å². The monoisotopic (exact) mass is 803 g/mol. The van der Waals surface area contributed by atoms with Gasteiger partial charge in [-0.2, -0.15) is 0 Å². The number of halogens is 1. The van der Waals surface area contributed by atoms with E-state index in [2.05, 4.69) is 57.8 Å². The van der Waals surface area contributed by atoms with Gasteiger partial charge in [0.1, 0.15) is 11.3 Å². The summed E-state index contributed by atoms with van der Waals surface area (Å²) in [6.07, 6.45) is 9.52. The van der Waals surface area contributed by atoms with Crippen molar-refractivity contribution in [3.8, 4) is 11.3 Å². The van der Waals surface area contributed by atoms with Gasteiger partial charge in [0.25, 0.3) is 5.91 Å². The number of nitrogens with one attached hydrogen (secondary N) is 3. The van der Waals surface area contributed by atoms with E-state index in [9.17, 15) is 9.59 Å². The van der Waals surface area contributed by atoms with Crippen molar-refractivity contribution in [1.29, 1.82) is 0 Å². The highest BCUT2D eigenvalue weighted by Gasteiger charge is 2.56. The van der Waals surface area contributed by atoms with Gasteiger partial charge < -0.3 is 35.2 Å². The van der Waals surface area contributed by atoms with Gasteiger partial charge in [0.05, 0.1) is 34.6 Å². The number of anilines is 3. The Labute approximate surface area is 346 Å². The Morgan fingerprint density at radius 1 is 0.966 bits per heavy atom. The quantitative estimate of drug-likeness (QED) is 0.168. The number of piperidine rings is 2. The number of likely N-dealkylation sites (tertiary alicyclic amines) is 2. The van der Waals surface area contributed by atoms with Crippen molar-refractivity contribution in [2.75, 3.05) is 49.5 Å². The molecule has 1 saturated carbocycles. The average molecular weight is 804 g/mol. The van der Waals surface area contributed by atoms with Crippen molar-refractivity contribution in [2.24, 2.45) is 5.92 Å². The topological polar surface area (TPSA) is 128 Å². The summed E-state index contributed by atoms with van der Waals surface area (Å²) in [6, 6.07) is 11.7. The lowest BCUT2D eigenvalue weighted by atomic mass is 9.73. The van der Waals surface area contributed by atoms with E-state index in [-0.39, 0.29) is 47.5 Å². The SMILES string of the molecule is Cc1cc(F)c(Nc2nc(-c3ccc4c(c3)N(C3CC(N5CCCCC5)C3)C(=O)C43CCN(C(=O)[C@@H]4CCNC4)CC3)cc3ncn(C(C)C)c23)cc1C(=O)NC(C)C. The zero-order valence-corrected chi connectivity index (χ0v) is 35.1. The highest BCUT2D eigenvalue weighted by Crippen LogP contribution is 2.52. The second-order valence-electron chi connectivity index (χ2n) is 18.2. The molecule has 1 aliphatic carbocycles. The number of aryl methyl sites for hydroxylation is 1. The van der Waals surface area contributed by atoms with Crippen LogP contribution in [-0.2, 0) is 15.0 Å². The molecule has 1 atom stereocenters. The third-order valence-electron chi connectivity index (χ3n) is 13.7. The number of carbonyl (C=O) groups is 3. The maximum Gasteiger partial charge on any atom is 0.251 e. The summed E-state index contributed by atoms with van der Waals surface area (Å²) >= 11 is 0. The highest BCUT2D eigenvalue weighted by molar-refractivity contribution is 6.09. The van der Waals surface area contributed by atoms with Crippen molar-refractivity contribution in [3.63, 3.8) is 0 Å². The molecule has 2 aromatic heterocycles. The van der Waals surface area contributed by atoms with Crippen LogP contribution in [0.25, 0.3) is 22.3 Å². The normalized spacial score (nSPS) is 23.1. The Morgan fingerprint density at radius 3 is 2.42 bits per heavy atom. The van der Waals surface area contributed by atoms with Crippen molar-refractivity contribution in [3.05, 3.63) is 65.2 Å². The largest absolute Gasteiger partial charge is 0.350 e. The van der Waals surface area contributed by atoms with Crippen LogP contribution >= 0.6 is 0 Å². The predicted octanol–water partition coefficient (Wildman–Crippen LogP) is 6.84. The molecule has 2 aromatic carbocycles. The van der Waals surface area contributed by atoms with E-state index >= 15 is 9.18 Å². The van der Waals surface area contributed by atoms with Crippen LogP contribution in [0.3, 0.4) is 0 Å². The van der Waals surface area contributed by atoms with Crippen molar-refractivity contribution < 1.29 is 18.8 Å². The first-order chi connectivity index (χ1) is 28.4. The third-order valence-corrected chi connectivity index (χ3v) is 13.7. The molecule has 12 nitrogen and oxygen atoms in total. The molecule has 5 aliphatic rings. The number of fused-ring (bicyclic) bond motifs is 3. The van der Waals surface area contributed by atoms with Gasteiger partial charge in [-0.25, -0.2) is 14.4 Å². The molecular formula is C46H58FN9O3. The number of carbonyl (C=O) groups excluding carboxylic acids is 3. The minimum absolute atomic E-state index is 0.0152. The fourth-order valence-electron chi connectivity index (χ4n) is 10.3. The van der Waals surface area contributed by atoms with Gasteiger partial charge >= 0.3 is 0 Å². The Morgan fingerprint density at radius 2 is 1.73 bits per heavy atom. The molecule has 0 radical (unpaired) electrons. The first kappa shape index (κ1) is 39.6. The van der Waals surface area contributed by atoms with Crippen molar-refractivity contribution in [1.82, 2.24) is 35.0 Å². The lowest BCUT2D eigenvalue weighted by molar-refractivity contribution is -0.138. The van der Waals surface area contributed by atoms with Gasteiger partial charge in [0, 0.05) is 60.6 Å². The molecule has 3 saturated heterocycles. The summed E-state index contributed by atoms with van der Waals surface area (Å²) in [5, 5.41) is 9.52. The van der Waals surface area contributed by atoms with Gasteiger partial charge in [-0.3, -0.25) is 14.4 Å². The molecule has 4 aromatic rings. The fourth-order valence-corrected chi connectivity index (χ4v) is 10.3. The maximum atomic E-state index is 15.8. The summed E-state index contributed by atoms with van der Waals surface area (Å²) in [5.74, 6) is 0.0395. The molecular weight excluding hydrogens is 746 g/mol. The van der Waals surface area contributed by atoms with Crippen LogP contribution in [0.5, 0.6) is 0 Å². The summed E-state index contributed by atoms with van der Waals surface area (Å²) in [7, 11) is 0. The van der Waals surface area contributed by atoms with Gasteiger partial charge in [0.2, 0.25) is 11.8 Å². The molecule has 9 rings (SSSR count). The van der Waals surface area contributed by atoms with E-state index in [0.29, 0.717) is 60.1 Å². The molecule has 0 unspecified atom stereocenters. The first-order valence-corrected chi connectivity index (χ1v) is 21.9. The van der Waals surface area contributed by atoms with Crippen LogP contribution in [-0.4, -0.2) is 99.5 Å². The standard InChI is InChI=1S/C46H58FN9O3/c1-27(2)50-43(57)34-23-38(36(47)19-29(34)5)52-42-41-39(49-26-55(41)28(3)4)24-37(51-42)30-9-10-35-40(20-30)56(33-21-32(22-33)53-15-7-6-8-16-53)45(59)46(35)12-17-54(18-13-46)44(58)31-11-14-48-25-31/h9-10,19-20,23-24,26-28,31-33,48H,6-8,11-18,21-22,25H2,1-5H3,(H,50,57)(H,51,52)/t31-,32?,33?/m1/s1. The lowest BCUT2D eigenvalue weighted by Gasteiger charge is -2.48. The Kier molecular flexibility index (Phi) is 10.5. The Hall–Kier alpha value is -4.88. The average Bonchev–Trinajstić information content (AvgIpc) is 3.95. The van der Waals surface area contributed by atoms with Crippen LogP contribution in [0.2, 0.25) is 0 Å². The maximum absolute atomic E-state index is 15.8. The summed E-state index contributed by atoms with van der Waals surface area (Å²) < 4.78 is 17.8. The predicted molar refractivity (Wildman–Crippen MR) is 229 cm³/mol. The molecule has 4 aliphatic heterocycles. The number of benzene rings is 2. The number of aromatic nitrogens is 3. The smallest absolute Gasteiger partial charge is 0.251 e. The Bertz CT molecular complexity index is 2280. The van der Waals surface area contributed by atoms with Gasteiger partial charge in [-0.05, 0) is 135 Å². The van der Waals surface area contributed by atoms with E-state index in [1.54, 1.807) is 19.3 Å².